The first-order chi connectivity index (χ1) is 10.6. The van der Waals surface area contributed by atoms with Gasteiger partial charge in [-0.05, 0) is 41.8 Å². The van der Waals surface area contributed by atoms with Gasteiger partial charge in [-0.2, -0.15) is 0 Å². The smallest absolute Gasteiger partial charge is 0.253 e. The fourth-order valence-electron chi connectivity index (χ4n) is 2.66. The first-order valence-electron chi connectivity index (χ1n) is 7.11. The summed E-state index contributed by atoms with van der Waals surface area (Å²) in [5.41, 5.74) is 3.82. The van der Waals surface area contributed by atoms with Crippen LogP contribution in [0.15, 0.2) is 36.4 Å². The van der Waals surface area contributed by atoms with E-state index in [0.717, 1.165) is 35.3 Å². The first-order valence-corrected chi connectivity index (χ1v) is 7.87. The van der Waals surface area contributed by atoms with Gasteiger partial charge in [0.05, 0.1) is 0 Å². The van der Waals surface area contributed by atoms with Crippen molar-refractivity contribution in [2.24, 2.45) is 0 Å². The second-order valence-corrected chi connectivity index (χ2v) is 6.24. The molecule has 114 valence electrons. The fourth-order valence-corrected chi connectivity index (χ4v) is 3.14. The monoisotopic (exact) mass is 334 g/mol. The molecule has 0 aromatic heterocycles. The van der Waals surface area contributed by atoms with Gasteiger partial charge in [0.1, 0.15) is 0 Å². The summed E-state index contributed by atoms with van der Waals surface area (Å²) in [6.07, 6.45) is 0.856. The van der Waals surface area contributed by atoms with E-state index in [9.17, 15) is 4.79 Å². The van der Waals surface area contributed by atoms with Gasteiger partial charge in [-0.3, -0.25) is 4.79 Å². The highest BCUT2D eigenvalue weighted by Gasteiger charge is 2.23. The van der Waals surface area contributed by atoms with E-state index in [1.165, 1.54) is 0 Å². The Kier molecular flexibility index (Phi) is 4.27. The Hall–Kier alpha value is -1.71. The zero-order valence-electron chi connectivity index (χ0n) is 12.2. The van der Waals surface area contributed by atoms with Crippen LogP contribution in [0.5, 0.6) is 0 Å². The first kappa shape index (κ1) is 15.2. The minimum Gasteiger partial charge on any atom is -0.381 e. The SMILES string of the molecule is CN1CCc2c(NCc3ccc(Cl)cc3Cl)cccc2C1=O. The third-order valence-corrected chi connectivity index (χ3v) is 4.52. The van der Waals surface area contributed by atoms with E-state index in [1.807, 2.05) is 37.4 Å². The van der Waals surface area contributed by atoms with Crippen LogP contribution in [-0.2, 0) is 13.0 Å². The Morgan fingerprint density at radius 1 is 1.23 bits per heavy atom. The van der Waals surface area contributed by atoms with Crippen molar-refractivity contribution in [3.63, 3.8) is 0 Å². The zero-order chi connectivity index (χ0) is 15.7. The van der Waals surface area contributed by atoms with Crippen molar-refractivity contribution in [1.82, 2.24) is 4.90 Å². The van der Waals surface area contributed by atoms with Crippen LogP contribution in [-0.4, -0.2) is 24.4 Å². The van der Waals surface area contributed by atoms with Gasteiger partial charge < -0.3 is 10.2 Å². The number of nitrogens with one attached hydrogen (secondary N) is 1. The molecule has 1 aliphatic heterocycles. The Bertz CT molecular complexity index is 731. The van der Waals surface area contributed by atoms with Crippen molar-refractivity contribution in [3.05, 3.63) is 63.1 Å². The second-order valence-electron chi connectivity index (χ2n) is 5.40. The summed E-state index contributed by atoms with van der Waals surface area (Å²) in [4.78, 5) is 13.9. The van der Waals surface area contributed by atoms with Crippen molar-refractivity contribution >= 4 is 34.8 Å². The topological polar surface area (TPSA) is 32.3 Å². The molecule has 3 nitrogen and oxygen atoms in total. The largest absolute Gasteiger partial charge is 0.381 e. The van der Waals surface area contributed by atoms with Crippen LogP contribution >= 0.6 is 23.2 Å². The highest BCUT2D eigenvalue weighted by Crippen LogP contribution is 2.27. The van der Waals surface area contributed by atoms with Crippen LogP contribution in [0.2, 0.25) is 10.0 Å². The van der Waals surface area contributed by atoms with Crippen LogP contribution in [0.4, 0.5) is 5.69 Å². The molecule has 0 atom stereocenters. The van der Waals surface area contributed by atoms with Gasteiger partial charge in [0.15, 0.2) is 0 Å². The van der Waals surface area contributed by atoms with Crippen LogP contribution in [0, 0.1) is 0 Å². The standard InChI is InChI=1S/C17H16Cl2N2O/c1-21-8-7-13-14(17(21)22)3-2-4-16(13)20-10-11-5-6-12(18)9-15(11)19/h2-6,9,20H,7-8,10H2,1H3. The number of nitrogens with zero attached hydrogens (tertiary/aromatic N) is 1. The van der Waals surface area contributed by atoms with E-state index in [2.05, 4.69) is 5.32 Å². The number of hydrogen-bond donors (Lipinski definition) is 1. The number of likely N-dealkylation sites (N-methyl/N-ethyl adjacent to an activating group) is 1. The van der Waals surface area contributed by atoms with Crippen LogP contribution < -0.4 is 5.32 Å². The molecule has 1 heterocycles. The van der Waals surface area contributed by atoms with Crippen LogP contribution in [0.25, 0.3) is 0 Å². The van der Waals surface area contributed by atoms with Gasteiger partial charge in [0.25, 0.3) is 5.91 Å². The molecule has 2 aromatic carbocycles. The maximum atomic E-state index is 12.2. The van der Waals surface area contributed by atoms with Crippen molar-refractivity contribution in [2.45, 2.75) is 13.0 Å². The maximum Gasteiger partial charge on any atom is 0.253 e. The van der Waals surface area contributed by atoms with E-state index < -0.39 is 0 Å². The highest BCUT2D eigenvalue weighted by atomic mass is 35.5. The zero-order valence-corrected chi connectivity index (χ0v) is 13.7. The molecule has 0 spiro atoms. The number of anilines is 1. The Labute approximate surface area is 139 Å². The molecule has 0 bridgehead atoms. The number of carbonyl (C=O) groups excluding carboxylic acids is 1. The summed E-state index contributed by atoms with van der Waals surface area (Å²) < 4.78 is 0. The van der Waals surface area contributed by atoms with Gasteiger partial charge in [0, 0.05) is 41.4 Å². The van der Waals surface area contributed by atoms with E-state index in [4.69, 9.17) is 23.2 Å². The molecule has 1 aliphatic rings. The van der Waals surface area contributed by atoms with Crippen LogP contribution in [0.3, 0.4) is 0 Å². The van der Waals surface area contributed by atoms with E-state index in [0.29, 0.717) is 16.6 Å². The molecule has 0 saturated carbocycles. The highest BCUT2D eigenvalue weighted by molar-refractivity contribution is 6.35. The number of hydrogen-bond acceptors (Lipinski definition) is 2. The number of fused-ring (bicyclic) bond motifs is 1. The summed E-state index contributed by atoms with van der Waals surface area (Å²) in [7, 11) is 1.83. The molecule has 0 radical (unpaired) electrons. The molecule has 2 aromatic rings. The molecule has 22 heavy (non-hydrogen) atoms. The van der Waals surface area contributed by atoms with Crippen molar-refractivity contribution in [2.75, 3.05) is 18.9 Å². The fraction of sp³-hybridized carbons (Fsp3) is 0.235. The van der Waals surface area contributed by atoms with Crippen molar-refractivity contribution in [1.29, 1.82) is 0 Å². The lowest BCUT2D eigenvalue weighted by atomic mass is 9.97. The molecule has 5 heteroatoms. The second kappa shape index (κ2) is 6.19. The Balaban J connectivity index is 1.83. The van der Waals surface area contributed by atoms with E-state index in [1.54, 1.807) is 11.0 Å². The van der Waals surface area contributed by atoms with Gasteiger partial charge in [-0.25, -0.2) is 0 Å². The minimum atomic E-state index is 0.0782. The molecule has 1 amide bonds. The van der Waals surface area contributed by atoms with E-state index in [-0.39, 0.29) is 5.91 Å². The number of benzene rings is 2. The van der Waals surface area contributed by atoms with Crippen LogP contribution in [0.1, 0.15) is 21.5 Å². The summed E-state index contributed by atoms with van der Waals surface area (Å²) in [6, 6.07) is 11.3. The average molecular weight is 335 g/mol. The Morgan fingerprint density at radius 2 is 2.05 bits per heavy atom. The lowest BCUT2D eigenvalue weighted by molar-refractivity contribution is 0.0781. The molecular weight excluding hydrogens is 319 g/mol. The normalized spacial score (nSPS) is 14.0. The number of amides is 1. The summed E-state index contributed by atoms with van der Waals surface area (Å²) >= 11 is 12.1. The number of halogens is 2. The molecule has 0 unspecified atom stereocenters. The number of rotatable bonds is 3. The Morgan fingerprint density at radius 3 is 2.82 bits per heavy atom. The van der Waals surface area contributed by atoms with Gasteiger partial charge >= 0.3 is 0 Å². The van der Waals surface area contributed by atoms with E-state index >= 15 is 0 Å². The molecule has 0 aliphatic carbocycles. The third-order valence-electron chi connectivity index (χ3n) is 3.93. The quantitative estimate of drug-likeness (QED) is 0.910. The van der Waals surface area contributed by atoms with Gasteiger partial charge in [-0.15, -0.1) is 0 Å². The molecule has 0 fully saturated rings. The maximum absolute atomic E-state index is 12.2. The van der Waals surface area contributed by atoms with Crippen molar-refractivity contribution < 1.29 is 4.79 Å². The summed E-state index contributed by atoms with van der Waals surface area (Å²) in [5, 5.41) is 4.65. The summed E-state index contributed by atoms with van der Waals surface area (Å²) in [5.74, 6) is 0.0782. The third kappa shape index (κ3) is 2.92. The number of carbonyl (C=O) groups is 1. The van der Waals surface area contributed by atoms with Gasteiger partial charge in [0.2, 0.25) is 0 Å². The predicted octanol–water partition coefficient (Wildman–Crippen LogP) is 4.23. The average Bonchev–Trinajstić information content (AvgIpc) is 2.50. The van der Waals surface area contributed by atoms with Crippen molar-refractivity contribution in [3.8, 4) is 0 Å². The minimum absolute atomic E-state index is 0.0782. The lowest BCUT2D eigenvalue weighted by Crippen LogP contribution is -2.34. The van der Waals surface area contributed by atoms with Gasteiger partial charge in [-0.1, -0.05) is 35.3 Å². The molecule has 3 rings (SSSR count). The predicted molar refractivity (Wildman–Crippen MR) is 90.9 cm³/mol. The molecule has 0 saturated heterocycles. The molecular formula is C17H16Cl2N2O. The molecule has 1 N–H and O–H groups in total. The summed E-state index contributed by atoms with van der Waals surface area (Å²) in [6.45, 7) is 1.34. The lowest BCUT2D eigenvalue weighted by Gasteiger charge is -2.26.